The summed E-state index contributed by atoms with van der Waals surface area (Å²) in [5.41, 5.74) is 1.62. The molecule has 0 saturated heterocycles. The fourth-order valence-electron chi connectivity index (χ4n) is 1.69. The van der Waals surface area contributed by atoms with Gasteiger partial charge in [-0.1, -0.05) is 6.07 Å². The number of rotatable bonds is 4. The first-order valence-electron chi connectivity index (χ1n) is 5.20. The van der Waals surface area contributed by atoms with Crippen LogP contribution in [0, 0.1) is 6.92 Å². The number of aliphatic hydroxyl groups is 1. The normalized spacial score (nSPS) is 12.1. The zero-order valence-electron chi connectivity index (χ0n) is 9.99. The summed E-state index contributed by atoms with van der Waals surface area (Å²) in [6.45, 7) is 7.12. The maximum Gasteiger partial charge on any atom is 0.0718 e. The van der Waals surface area contributed by atoms with E-state index in [0.29, 0.717) is 6.54 Å². The van der Waals surface area contributed by atoms with E-state index in [1.165, 1.54) is 5.56 Å². The van der Waals surface area contributed by atoms with Crippen molar-refractivity contribution in [2.24, 2.45) is 0 Å². The molecule has 0 unspecified atom stereocenters. The summed E-state index contributed by atoms with van der Waals surface area (Å²) >= 11 is 0. The summed E-state index contributed by atoms with van der Waals surface area (Å²) in [7, 11) is 2.00. The molecule has 0 fully saturated rings. The predicted octanol–water partition coefficient (Wildman–Crippen LogP) is 1.59. The summed E-state index contributed by atoms with van der Waals surface area (Å²) in [5, 5.41) is 9.68. The Kier molecular flexibility index (Phi) is 3.83. The molecule has 0 radical (unpaired) electrons. The van der Waals surface area contributed by atoms with Gasteiger partial charge in [-0.15, -0.1) is 0 Å². The quantitative estimate of drug-likeness (QED) is 0.816. The largest absolute Gasteiger partial charge is 0.389 e. The maximum atomic E-state index is 9.68. The Morgan fingerprint density at radius 1 is 1.47 bits per heavy atom. The lowest BCUT2D eigenvalue weighted by molar-refractivity contribution is 0.0424. The number of aromatic nitrogens is 1. The smallest absolute Gasteiger partial charge is 0.0718 e. The second kappa shape index (κ2) is 4.73. The molecule has 84 valence electrons. The second-order valence-corrected chi connectivity index (χ2v) is 4.73. The lowest BCUT2D eigenvalue weighted by Crippen LogP contribution is -2.35. The van der Waals surface area contributed by atoms with Crippen molar-refractivity contribution in [3.05, 3.63) is 29.6 Å². The van der Waals surface area contributed by atoms with Crippen LogP contribution in [0.25, 0.3) is 0 Å². The Morgan fingerprint density at radius 3 is 2.67 bits per heavy atom. The lowest BCUT2D eigenvalue weighted by Gasteiger charge is -2.25. The molecule has 1 N–H and O–H groups in total. The highest BCUT2D eigenvalue weighted by Gasteiger charge is 2.15. The minimum Gasteiger partial charge on any atom is -0.389 e. The molecule has 0 aliphatic heterocycles. The van der Waals surface area contributed by atoms with Crippen LogP contribution >= 0.6 is 0 Å². The number of hydrogen-bond donors (Lipinski definition) is 1. The Labute approximate surface area is 91.8 Å². The van der Waals surface area contributed by atoms with Crippen LogP contribution in [0.15, 0.2) is 18.3 Å². The Balaban J connectivity index is 2.59. The number of nitrogens with zero attached hydrogens (tertiary/aromatic N) is 2. The zero-order valence-corrected chi connectivity index (χ0v) is 9.99. The van der Waals surface area contributed by atoms with Crippen LogP contribution < -0.4 is 0 Å². The van der Waals surface area contributed by atoms with Crippen molar-refractivity contribution in [2.45, 2.75) is 32.9 Å². The van der Waals surface area contributed by atoms with E-state index in [1.807, 2.05) is 33.9 Å². The molecule has 1 heterocycles. The van der Waals surface area contributed by atoms with Crippen molar-refractivity contribution in [1.29, 1.82) is 0 Å². The van der Waals surface area contributed by atoms with Crippen LogP contribution in [-0.2, 0) is 6.54 Å². The van der Waals surface area contributed by atoms with E-state index in [0.717, 1.165) is 12.2 Å². The molecule has 0 aromatic carbocycles. The summed E-state index contributed by atoms with van der Waals surface area (Å²) in [6, 6.07) is 4.02. The summed E-state index contributed by atoms with van der Waals surface area (Å²) < 4.78 is 0. The highest BCUT2D eigenvalue weighted by Crippen LogP contribution is 2.10. The molecule has 0 atom stereocenters. The first-order valence-corrected chi connectivity index (χ1v) is 5.20. The zero-order chi connectivity index (χ0) is 11.5. The van der Waals surface area contributed by atoms with E-state index < -0.39 is 5.60 Å². The van der Waals surface area contributed by atoms with E-state index in [1.54, 1.807) is 6.20 Å². The molecule has 3 heteroatoms. The average Bonchev–Trinajstić information content (AvgIpc) is 2.05. The monoisotopic (exact) mass is 208 g/mol. The predicted molar refractivity (Wildman–Crippen MR) is 61.6 cm³/mol. The third kappa shape index (κ3) is 4.40. The van der Waals surface area contributed by atoms with Crippen LogP contribution in [0.4, 0.5) is 0 Å². The van der Waals surface area contributed by atoms with Crippen LogP contribution in [0.3, 0.4) is 0 Å². The molecule has 0 saturated carbocycles. The standard InChI is InChI=1S/C12H20N2O/c1-10-11(6-5-7-13-10)8-14(4)9-12(2,3)15/h5-7,15H,8-9H2,1-4H3. The first-order chi connectivity index (χ1) is 6.88. The highest BCUT2D eigenvalue weighted by atomic mass is 16.3. The lowest BCUT2D eigenvalue weighted by atomic mass is 10.1. The van der Waals surface area contributed by atoms with Crippen LogP contribution in [0.5, 0.6) is 0 Å². The minimum atomic E-state index is -0.648. The van der Waals surface area contributed by atoms with Gasteiger partial charge in [0.25, 0.3) is 0 Å². The van der Waals surface area contributed by atoms with Crippen molar-refractivity contribution in [3.63, 3.8) is 0 Å². The minimum absolute atomic E-state index is 0.648. The molecule has 0 amide bonds. The highest BCUT2D eigenvalue weighted by molar-refractivity contribution is 5.17. The number of hydrogen-bond acceptors (Lipinski definition) is 3. The third-order valence-electron chi connectivity index (χ3n) is 2.21. The van der Waals surface area contributed by atoms with Gasteiger partial charge in [0.15, 0.2) is 0 Å². The fourth-order valence-corrected chi connectivity index (χ4v) is 1.69. The van der Waals surface area contributed by atoms with Gasteiger partial charge in [0, 0.05) is 25.0 Å². The fraction of sp³-hybridized carbons (Fsp3) is 0.583. The Hall–Kier alpha value is -0.930. The van der Waals surface area contributed by atoms with Crippen LogP contribution in [0.2, 0.25) is 0 Å². The van der Waals surface area contributed by atoms with E-state index in [2.05, 4.69) is 16.0 Å². The Morgan fingerprint density at radius 2 is 2.13 bits per heavy atom. The summed E-state index contributed by atoms with van der Waals surface area (Å²) in [5.74, 6) is 0. The summed E-state index contributed by atoms with van der Waals surface area (Å²) in [4.78, 5) is 6.34. The maximum absolute atomic E-state index is 9.68. The molecule has 0 aliphatic rings. The van der Waals surface area contributed by atoms with Gasteiger partial charge in [0.05, 0.1) is 5.60 Å². The van der Waals surface area contributed by atoms with Gasteiger partial charge < -0.3 is 5.11 Å². The first kappa shape index (κ1) is 12.1. The Bertz CT molecular complexity index is 318. The van der Waals surface area contributed by atoms with Crippen molar-refractivity contribution in [3.8, 4) is 0 Å². The van der Waals surface area contributed by atoms with Crippen molar-refractivity contribution < 1.29 is 5.11 Å². The average molecular weight is 208 g/mol. The molecule has 15 heavy (non-hydrogen) atoms. The van der Waals surface area contributed by atoms with Crippen LogP contribution in [0.1, 0.15) is 25.1 Å². The molecule has 0 spiro atoms. The van der Waals surface area contributed by atoms with Gasteiger partial charge in [-0.3, -0.25) is 9.88 Å². The molecular weight excluding hydrogens is 188 g/mol. The summed E-state index contributed by atoms with van der Waals surface area (Å²) in [6.07, 6.45) is 1.80. The number of aryl methyl sites for hydroxylation is 1. The SMILES string of the molecule is Cc1ncccc1CN(C)CC(C)(C)O. The van der Waals surface area contributed by atoms with Crippen molar-refractivity contribution in [1.82, 2.24) is 9.88 Å². The van der Waals surface area contributed by atoms with Gasteiger partial charge in [-0.2, -0.15) is 0 Å². The van der Waals surface area contributed by atoms with Gasteiger partial charge in [-0.25, -0.2) is 0 Å². The molecule has 1 rings (SSSR count). The molecule has 1 aromatic rings. The molecule has 1 aromatic heterocycles. The number of pyridine rings is 1. The molecule has 0 bridgehead atoms. The second-order valence-electron chi connectivity index (χ2n) is 4.73. The molecular formula is C12H20N2O. The topological polar surface area (TPSA) is 36.4 Å². The van der Waals surface area contributed by atoms with Gasteiger partial charge in [-0.05, 0) is 39.4 Å². The van der Waals surface area contributed by atoms with E-state index in [4.69, 9.17) is 0 Å². The van der Waals surface area contributed by atoms with Gasteiger partial charge >= 0.3 is 0 Å². The van der Waals surface area contributed by atoms with E-state index >= 15 is 0 Å². The van der Waals surface area contributed by atoms with E-state index in [-0.39, 0.29) is 0 Å². The van der Waals surface area contributed by atoms with Crippen LogP contribution in [-0.4, -0.2) is 34.2 Å². The van der Waals surface area contributed by atoms with Gasteiger partial charge in [0.1, 0.15) is 0 Å². The van der Waals surface area contributed by atoms with Crippen molar-refractivity contribution >= 4 is 0 Å². The van der Waals surface area contributed by atoms with Crippen molar-refractivity contribution in [2.75, 3.05) is 13.6 Å². The third-order valence-corrected chi connectivity index (χ3v) is 2.21. The number of likely N-dealkylation sites (N-methyl/N-ethyl adjacent to an activating group) is 1. The van der Waals surface area contributed by atoms with E-state index in [9.17, 15) is 5.11 Å². The van der Waals surface area contributed by atoms with Gasteiger partial charge in [0.2, 0.25) is 0 Å². The molecule has 0 aliphatic carbocycles. The molecule has 3 nitrogen and oxygen atoms in total.